The van der Waals surface area contributed by atoms with E-state index in [4.69, 9.17) is 10.00 Å². The van der Waals surface area contributed by atoms with Crippen molar-refractivity contribution in [2.24, 2.45) is 0 Å². The summed E-state index contributed by atoms with van der Waals surface area (Å²) in [6.07, 6.45) is -6.99. The average molecular weight is 272 g/mol. The third kappa shape index (κ3) is 6.31. The number of carbonyl (C=O) groups is 1. The van der Waals surface area contributed by atoms with Gasteiger partial charge in [-0.3, -0.25) is 0 Å². The summed E-state index contributed by atoms with van der Waals surface area (Å²) in [7, 11) is 0. The average Bonchev–Trinajstić information content (AvgIpc) is 2.35. The van der Waals surface area contributed by atoms with Gasteiger partial charge in [0.1, 0.15) is 12.6 Å². The molecule has 1 unspecified atom stereocenters. The zero-order chi connectivity index (χ0) is 14.3. The summed E-state index contributed by atoms with van der Waals surface area (Å²) in [5, 5.41) is 10.4. The van der Waals surface area contributed by atoms with Gasteiger partial charge in [-0.25, -0.2) is 4.79 Å². The minimum absolute atomic E-state index is 0.0726. The van der Waals surface area contributed by atoms with Gasteiger partial charge in [0.2, 0.25) is 0 Å². The second-order valence-corrected chi connectivity index (χ2v) is 3.71. The van der Waals surface area contributed by atoms with Crippen molar-refractivity contribution in [3.63, 3.8) is 0 Å². The van der Waals surface area contributed by atoms with E-state index in [1.54, 1.807) is 30.3 Å². The molecule has 0 spiro atoms. The lowest BCUT2D eigenvalue weighted by atomic mass is 10.2. The molecule has 0 saturated carbocycles. The fourth-order valence-corrected chi connectivity index (χ4v) is 1.27. The van der Waals surface area contributed by atoms with E-state index in [0.29, 0.717) is 5.56 Å². The number of nitriles is 1. The molecule has 0 saturated heterocycles. The van der Waals surface area contributed by atoms with Crippen molar-refractivity contribution >= 4 is 6.09 Å². The maximum Gasteiger partial charge on any atom is 0.408 e. The summed E-state index contributed by atoms with van der Waals surface area (Å²) in [6, 6.07) is 8.35. The van der Waals surface area contributed by atoms with Gasteiger partial charge in [0.25, 0.3) is 0 Å². The van der Waals surface area contributed by atoms with Crippen LogP contribution in [0.4, 0.5) is 18.0 Å². The Morgan fingerprint density at radius 3 is 2.53 bits per heavy atom. The molecular weight excluding hydrogens is 261 g/mol. The number of nitrogens with zero attached hydrogens (tertiary/aromatic N) is 1. The lowest BCUT2D eigenvalue weighted by molar-refractivity contribution is -0.136. The van der Waals surface area contributed by atoms with Crippen LogP contribution in [0.5, 0.6) is 0 Å². The van der Waals surface area contributed by atoms with Crippen molar-refractivity contribution in [3.05, 3.63) is 35.9 Å². The quantitative estimate of drug-likeness (QED) is 0.916. The van der Waals surface area contributed by atoms with Crippen molar-refractivity contribution in [1.82, 2.24) is 5.32 Å². The summed E-state index contributed by atoms with van der Waals surface area (Å²) < 4.78 is 40.9. The Bertz CT molecular complexity index is 454. The number of ether oxygens (including phenoxy) is 1. The van der Waals surface area contributed by atoms with Crippen molar-refractivity contribution in [2.45, 2.75) is 25.2 Å². The first-order chi connectivity index (χ1) is 8.90. The third-order valence-corrected chi connectivity index (χ3v) is 2.10. The normalized spacial score (nSPS) is 12.3. The maximum atomic E-state index is 12.1. The van der Waals surface area contributed by atoms with Crippen LogP contribution >= 0.6 is 0 Å². The Morgan fingerprint density at radius 2 is 2.00 bits per heavy atom. The molecule has 0 bridgehead atoms. The first kappa shape index (κ1) is 14.8. The number of hydrogen-bond acceptors (Lipinski definition) is 3. The Labute approximate surface area is 107 Å². The highest BCUT2D eigenvalue weighted by molar-refractivity contribution is 5.68. The topological polar surface area (TPSA) is 62.1 Å². The second kappa shape index (κ2) is 6.64. The van der Waals surface area contributed by atoms with Gasteiger partial charge < -0.3 is 10.1 Å². The van der Waals surface area contributed by atoms with Crippen LogP contribution in [0, 0.1) is 11.3 Å². The third-order valence-electron chi connectivity index (χ3n) is 2.10. The zero-order valence-corrected chi connectivity index (χ0v) is 9.78. The lowest BCUT2D eigenvalue weighted by Crippen LogP contribution is -2.37. The van der Waals surface area contributed by atoms with Gasteiger partial charge in [-0.2, -0.15) is 18.4 Å². The van der Waals surface area contributed by atoms with Gasteiger partial charge in [-0.05, 0) is 5.56 Å². The Kier molecular flexibility index (Phi) is 5.18. The predicted molar refractivity (Wildman–Crippen MR) is 59.8 cm³/mol. The van der Waals surface area contributed by atoms with Crippen LogP contribution < -0.4 is 5.32 Å². The molecule has 0 aromatic heterocycles. The van der Waals surface area contributed by atoms with E-state index < -0.39 is 24.7 Å². The van der Waals surface area contributed by atoms with Gasteiger partial charge in [0.15, 0.2) is 0 Å². The summed E-state index contributed by atoms with van der Waals surface area (Å²) in [5.41, 5.74) is 0.696. The highest BCUT2D eigenvalue weighted by Gasteiger charge is 2.32. The molecule has 4 nitrogen and oxygen atoms in total. The van der Waals surface area contributed by atoms with Gasteiger partial charge in [0.05, 0.1) is 12.5 Å². The maximum absolute atomic E-state index is 12.1. The second-order valence-electron chi connectivity index (χ2n) is 3.71. The zero-order valence-electron chi connectivity index (χ0n) is 9.78. The molecule has 1 aromatic carbocycles. The molecule has 0 aliphatic carbocycles. The number of hydrogen-bond donors (Lipinski definition) is 1. The SMILES string of the molecule is N#CC(CC(F)(F)F)NC(=O)OCc1ccccc1. The predicted octanol–water partition coefficient (Wildman–Crippen LogP) is 2.76. The molecule has 1 N–H and O–H groups in total. The molecule has 1 rings (SSSR count). The van der Waals surface area contributed by atoms with E-state index in [2.05, 4.69) is 0 Å². The highest BCUT2D eigenvalue weighted by Crippen LogP contribution is 2.21. The summed E-state index contributed by atoms with van der Waals surface area (Å²) in [6.45, 7) is -0.0726. The van der Waals surface area contributed by atoms with Crippen LogP contribution in [0.25, 0.3) is 0 Å². The van der Waals surface area contributed by atoms with Crippen molar-refractivity contribution in [3.8, 4) is 6.07 Å². The van der Waals surface area contributed by atoms with Crippen LogP contribution in [0.3, 0.4) is 0 Å². The molecule has 0 heterocycles. The molecule has 1 atom stereocenters. The fraction of sp³-hybridized carbons (Fsp3) is 0.333. The van der Waals surface area contributed by atoms with Crippen LogP contribution in [-0.2, 0) is 11.3 Å². The Hall–Kier alpha value is -2.23. The standard InChI is InChI=1S/C12H11F3N2O2/c13-12(14,15)6-10(7-16)17-11(18)19-8-9-4-2-1-3-5-9/h1-5,10H,6,8H2,(H,17,18). The summed E-state index contributed by atoms with van der Waals surface area (Å²) >= 11 is 0. The Morgan fingerprint density at radius 1 is 1.37 bits per heavy atom. The number of benzene rings is 1. The number of carbonyl (C=O) groups excluding carboxylic acids is 1. The first-order valence-corrected chi connectivity index (χ1v) is 5.34. The minimum atomic E-state index is -4.52. The van der Waals surface area contributed by atoms with Crippen molar-refractivity contribution < 1.29 is 22.7 Å². The molecule has 0 aliphatic rings. The summed E-state index contributed by atoms with van der Waals surface area (Å²) in [5.74, 6) is 0. The highest BCUT2D eigenvalue weighted by atomic mass is 19.4. The van der Waals surface area contributed by atoms with Crippen LogP contribution in [0.15, 0.2) is 30.3 Å². The first-order valence-electron chi connectivity index (χ1n) is 5.34. The van der Waals surface area contributed by atoms with Crippen LogP contribution in [-0.4, -0.2) is 18.3 Å². The van der Waals surface area contributed by atoms with Gasteiger partial charge in [-0.15, -0.1) is 0 Å². The monoisotopic (exact) mass is 272 g/mol. The van der Waals surface area contributed by atoms with Crippen molar-refractivity contribution in [1.29, 1.82) is 5.26 Å². The van der Waals surface area contributed by atoms with Crippen molar-refractivity contribution in [2.75, 3.05) is 0 Å². The molecule has 0 aliphatic heterocycles. The van der Waals surface area contributed by atoms with Gasteiger partial charge in [-0.1, -0.05) is 30.3 Å². The molecule has 1 aromatic rings. The smallest absolute Gasteiger partial charge is 0.408 e. The lowest BCUT2D eigenvalue weighted by Gasteiger charge is -2.13. The molecule has 0 radical (unpaired) electrons. The van der Waals surface area contributed by atoms with Crippen LogP contribution in [0.1, 0.15) is 12.0 Å². The Balaban J connectivity index is 2.40. The van der Waals surface area contributed by atoms with Gasteiger partial charge >= 0.3 is 12.3 Å². The van der Waals surface area contributed by atoms with E-state index in [1.807, 2.05) is 5.32 Å². The van der Waals surface area contributed by atoms with E-state index in [0.717, 1.165) is 0 Å². The molecule has 1 amide bonds. The molecular formula is C12H11F3N2O2. The molecule has 7 heteroatoms. The summed E-state index contributed by atoms with van der Waals surface area (Å²) in [4.78, 5) is 11.2. The number of alkyl halides is 3. The minimum Gasteiger partial charge on any atom is -0.445 e. The molecule has 0 fully saturated rings. The number of amides is 1. The fourth-order valence-electron chi connectivity index (χ4n) is 1.27. The van der Waals surface area contributed by atoms with E-state index in [-0.39, 0.29) is 6.61 Å². The van der Waals surface area contributed by atoms with E-state index in [1.165, 1.54) is 6.07 Å². The number of alkyl carbamates (subject to hydrolysis) is 1. The number of rotatable bonds is 4. The van der Waals surface area contributed by atoms with E-state index >= 15 is 0 Å². The number of nitrogens with one attached hydrogen (secondary N) is 1. The van der Waals surface area contributed by atoms with Gasteiger partial charge in [0, 0.05) is 0 Å². The molecule has 102 valence electrons. The molecule has 19 heavy (non-hydrogen) atoms. The number of halogens is 3. The van der Waals surface area contributed by atoms with Crippen LogP contribution in [0.2, 0.25) is 0 Å². The van der Waals surface area contributed by atoms with E-state index in [9.17, 15) is 18.0 Å². The largest absolute Gasteiger partial charge is 0.445 e.